The number of nitrogens with zero attached hydrogens (tertiary/aromatic N) is 1. The lowest BCUT2D eigenvalue weighted by molar-refractivity contribution is 0.585. The molecule has 0 aromatic heterocycles. The van der Waals surface area contributed by atoms with Crippen LogP contribution in [0.2, 0.25) is 0 Å². The van der Waals surface area contributed by atoms with Gasteiger partial charge in [0.2, 0.25) is 0 Å². The maximum atomic E-state index is 6.01. The highest BCUT2D eigenvalue weighted by molar-refractivity contribution is 5.88. The van der Waals surface area contributed by atoms with Crippen molar-refractivity contribution in [2.75, 3.05) is 0 Å². The van der Waals surface area contributed by atoms with Gasteiger partial charge in [-0.1, -0.05) is 38.5 Å². The Balaban J connectivity index is 3.26. The molecule has 2 heteroatoms. The molecule has 2 nitrogen and oxygen atoms in total. The van der Waals surface area contributed by atoms with Crippen molar-refractivity contribution in [3.8, 4) is 0 Å². The fraction of sp³-hybridized carbons (Fsp3) is 0.500. The first-order chi connectivity index (χ1) is 7.21. The molecular formula is C14H22N2. The third kappa shape index (κ3) is 2.84. The van der Waals surface area contributed by atoms with E-state index in [0.29, 0.717) is 5.84 Å². The van der Waals surface area contributed by atoms with Crippen molar-refractivity contribution in [1.82, 2.24) is 0 Å². The summed E-state index contributed by atoms with van der Waals surface area (Å²) in [5.74, 6) is 0.683. The number of amidine groups is 1. The van der Waals surface area contributed by atoms with E-state index in [-0.39, 0.29) is 5.41 Å². The van der Waals surface area contributed by atoms with Crippen molar-refractivity contribution in [3.63, 3.8) is 0 Å². The van der Waals surface area contributed by atoms with Gasteiger partial charge in [-0.25, -0.2) is 4.99 Å². The Bertz CT molecular complexity index is 400. The molecule has 0 aliphatic rings. The van der Waals surface area contributed by atoms with Gasteiger partial charge in [-0.05, 0) is 31.9 Å². The highest BCUT2D eigenvalue weighted by Gasteiger charge is 2.16. The second kappa shape index (κ2) is 4.28. The summed E-state index contributed by atoms with van der Waals surface area (Å²) in [7, 11) is 0. The van der Waals surface area contributed by atoms with Gasteiger partial charge in [0.15, 0.2) is 0 Å². The Morgan fingerprint density at radius 1 is 1.06 bits per heavy atom. The van der Waals surface area contributed by atoms with Crippen LogP contribution < -0.4 is 5.73 Å². The molecule has 0 atom stereocenters. The number of hydrogen-bond donors (Lipinski definition) is 1. The zero-order valence-corrected chi connectivity index (χ0v) is 11.2. The van der Waals surface area contributed by atoms with E-state index in [1.54, 1.807) is 0 Å². The molecule has 1 rings (SSSR count). The minimum absolute atomic E-state index is 0.0796. The van der Waals surface area contributed by atoms with Gasteiger partial charge in [0, 0.05) is 5.41 Å². The molecule has 0 saturated heterocycles. The normalized spacial score (nSPS) is 13.0. The molecule has 1 aromatic rings. The van der Waals surface area contributed by atoms with Gasteiger partial charge in [0.25, 0.3) is 0 Å². The predicted octanol–water partition coefficient (Wildman–Crippen LogP) is 3.65. The fourth-order valence-corrected chi connectivity index (χ4v) is 1.64. The smallest absolute Gasteiger partial charge is 0.105 e. The largest absolute Gasteiger partial charge is 0.387 e. The Kier molecular flexibility index (Phi) is 3.41. The van der Waals surface area contributed by atoms with Crippen LogP contribution in [0.5, 0.6) is 0 Å². The van der Waals surface area contributed by atoms with Crippen molar-refractivity contribution in [2.45, 2.75) is 41.5 Å². The molecule has 0 aliphatic heterocycles. The SMILES string of the molecule is Cc1cc(C)c(N=C(N)C(C)(C)C)c(C)c1. The third-order valence-corrected chi connectivity index (χ3v) is 2.64. The van der Waals surface area contributed by atoms with Crippen molar-refractivity contribution in [3.05, 3.63) is 28.8 Å². The molecule has 0 aliphatic carbocycles. The number of rotatable bonds is 1. The summed E-state index contributed by atoms with van der Waals surface area (Å²) < 4.78 is 0. The summed E-state index contributed by atoms with van der Waals surface area (Å²) in [5.41, 5.74) is 10.6. The molecule has 88 valence electrons. The average molecular weight is 218 g/mol. The van der Waals surface area contributed by atoms with E-state index in [0.717, 1.165) is 5.69 Å². The summed E-state index contributed by atoms with van der Waals surface area (Å²) in [6.07, 6.45) is 0. The van der Waals surface area contributed by atoms with Crippen LogP contribution in [0.25, 0.3) is 0 Å². The molecule has 0 fully saturated rings. The van der Waals surface area contributed by atoms with Crippen molar-refractivity contribution in [1.29, 1.82) is 0 Å². The van der Waals surface area contributed by atoms with Gasteiger partial charge in [0.05, 0.1) is 5.69 Å². The molecule has 16 heavy (non-hydrogen) atoms. The molecule has 0 unspecified atom stereocenters. The van der Waals surface area contributed by atoms with Crippen LogP contribution in [0.4, 0.5) is 5.69 Å². The highest BCUT2D eigenvalue weighted by Crippen LogP contribution is 2.27. The lowest BCUT2D eigenvalue weighted by Gasteiger charge is -2.18. The van der Waals surface area contributed by atoms with Gasteiger partial charge in [-0.2, -0.15) is 0 Å². The first-order valence-corrected chi connectivity index (χ1v) is 5.64. The number of aliphatic imine (C=N–C) groups is 1. The Hall–Kier alpha value is -1.31. The van der Waals surface area contributed by atoms with E-state index in [1.807, 2.05) is 0 Å². The molecule has 0 bridgehead atoms. The Morgan fingerprint density at radius 2 is 1.50 bits per heavy atom. The Labute approximate surface area is 98.6 Å². The molecular weight excluding hydrogens is 196 g/mol. The number of benzene rings is 1. The van der Waals surface area contributed by atoms with Crippen molar-refractivity contribution in [2.24, 2.45) is 16.1 Å². The fourth-order valence-electron chi connectivity index (χ4n) is 1.64. The molecule has 0 amide bonds. The molecule has 0 spiro atoms. The summed E-state index contributed by atoms with van der Waals surface area (Å²) in [6, 6.07) is 4.28. The van der Waals surface area contributed by atoms with Crippen molar-refractivity contribution >= 4 is 11.5 Å². The van der Waals surface area contributed by atoms with Crippen LogP contribution in [0.15, 0.2) is 17.1 Å². The minimum atomic E-state index is -0.0796. The van der Waals surface area contributed by atoms with Crippen LogP contribution in [0.3, 0.4) is 0 Å². The predicted molar refractivity (Wildman–Crippen MR) is 71.4 cm³/mol. The Morgan fingerprint density at radius 3 is 1.88 bits per heavy atom. The van der Waals surface area contributed by atoms with Crippen LogP contribution in [0.1, 0.15) is 37.5 Å². The molecule has 0 saturated carbocycles. The first-order valence-electron chi connectivity index (χ1n) is 5.64. The monoisotopic (exact) mass is 218 g/mol. The molecule has 2 N–H and O–H groups in total. The van der Waals surface area contributed by atoms with E-state index in [9.17, 15) is 0 Å². The second-order valence-corrected chi connectivity index (χ2v) is 5.49. The van der Waals surface area contributed by atoms with E-state index in [2.05, 4.69) is 58.7 Å². The number of nitrogens with two attached hydrogens (primary N) is 1. The number of aryl methyl sites for hydroxylation is 3. The number of hydrogen-bond acceptors (Lipinski definition) is 1. The van der Waals surface area contributed by atoms with Crippen LogP contribution >= 0.6 is 0 Å². The van der Waals surface area contributed by atoms with E-state index >= 15 is 0 Å². The van der Waals surface area contributed by atoms with Gasteiger partial charge >= 0.3 is 0 Å². The molecule has 0 heterocycles. The summed E-state index contributed by atoms with van der Waals surface area (Å²) in [4.78, 5) is 4.56. The lowest BCUT2D eigenvalue weighted by Crippen LogP contribution is -2.28. The van der Waals surface area contributed by atoms with E-state index in [4.69, 9.17) is 5.73 Å². The molecule has 1 aromatic carbocycles. The van der Waals surface area contributed by atoms with E-state index < -0.39 is 0 Å². The lowest BCUT2D eigenvalue weighted by atomic mass is 9.95. The van der Waals surface area contributed by atoms with Gasteiger partial charge < -0.3 is 5.73 Å². The van der Waals surface area contributed by atoms with Crippen LogP contribution in [-0.4, -0.2) is 5.84 Å². The minimum Gasteiger partial charge on any atom is -0.387 e. The quantitative estimate of drug-likeness (QED) is 0.567. The van der Waals surface area contributed by atoms with Gasteiger partial charge in [-0.3, -0.25) is 0 Å². The second-order valence-electron chi connectivity index (χ2n) is 5.49. The third-order valence-electron chi connectivity index (χ3n) is 2.64. The molecule has 0 radical (unpaired) electrons. The standard InChI is InChI=1S/C14H22N2/c1-9-7-10(2)12(11(3)8-9)16-13(15)14(4,5)6/h7-8H,1-6H3,(H2,15,16). The first kappa shape index (κ1) is 12.8. The zero-order chi connectivity index (χ0) is 12.5. The summed E-state index contributed by atoms with van der Waals surface area (Å²) in [5, 5.41) is 0. The summed E-state index contributed by atoms with van der Waals surface area (Å²) >= 11 is 0. The van der Waals surface area contributed by atoms with Crippen LogP contribution in [-0.2, 0) is 0 Å². The zero-order valence-electron chi connectivity index (χ0n) is 11.2. The highest BCUT2D eigenvalue weighted by atomic mass is 14.9. The van der Waals surface area contributed by atoms with Gasteiger partial charge in [-0.15, -0.1) is 0 Å². The maximum Gasteiger partial charge on any atom is 0.105 e. The van der Waals surface area contributed by atoms with Gasteiger partial charge in [0.1, 0.15) is 5.84 Å². The van der Waals surface area contributed by atoms with Crippen LogP contribution in [0, 0.1) is 26.2 Å². The van der Waals surface area contributed by atoms with Crippen molar-refractivity contribution < 1.29 is 0 Å². The maximum absolute atomic E-state index is 6.01. The van der Waals surface area contributed by atoms with E-state index in [1.165, 1.54) is 16.7 Å². The topological polar surface area (TPSA) is 38.4 Å². The average Bonchev–Trinajstić information content (AvgIpc) is 2.08. The summed E-state index contributed by atoms with van der Waals surface area (Å²) in [6.45, 7) is 12.5.